The van der Waals surface area contributed by atoms with Crippen LogP contribution in [0.4, 0.5) is 0 Å². The van der Waals surface area contributed by atoms with Gasteiger partial charge in [-0.05, 0) is 50.2 Å². The van der Waals surface area contributed by atoms with E-state index in [1.807, 2.05) is 24.3 Å². The molecule has 5 nitrogen and oxygen atoms in total. The first kappa shape index (κ1) is 15.7. The Bertz CT molecular complexity index is 631. The van der Waals surface area contributed by atoms with Gasteiger partial charge in [0.05, 0.1) is 6.10 Å². The molecule has 0 unspecified atom stereocenters. The Kier molecular flexibility index (Phi) is 5.08. The summed E-state index contributed by atoms with van der Waals surface area (Å²) in [6, 6.07) is 12.2. The molecule has 0 aliphatic heterocycles. The van der Waals surface area contributed by atoms with Crippen LogP contribution in [0.3, 0.4) is 0 Å². The molecule has 1 fully saturated rings. The number of aromatic nitrogens is 2. The maximum Gasteiger partial charge on any atom is 0.271 e. The highest BCUT2D eigenvalue weighted by atomic mass is 16.3. The Morgan fingerprint density at radius 3 is 2.65 bits per heavy atom. The number of aliphatic hydroxyl groups excluding tert-OH is 1. The van der Waals surface area contributed by atoms with Crippen molar-refractivity contribution in [3.63, 3.8) is 0 Å². The summed E-state index contributed by atoms with van der Waals surface area (Å²) in [7, 11) is 0. The summed E-state index contributed by atoms with van der Waals surface area (Å²) in [5.41, 5.74) is 2.69. The van der Waals surface area contributed by atoms with Crippen LogP contribution >= 0.6 is 0 Å². The molecule has 2 aromatic rings. The smallest absolute Gasteiger partial charge is 0.271 e. The van der Waals surface area contributed by atoms with Crippen LogP contribution in [0.15, 0.2) is 36.4 Å². The highest BCUT2D eigenvalue weighted by Gasteiger charge is 2.22. The predicted molar refractivity (Wildman–Crippen MR) is 88.2 cm³/mol. The van der Waals surface area contributed by atoms with Gasteiger partial charge in [0, 0.05) is 11.7 Å². The lowest BCUT2D eigenvalue weighted by Gasteiger charge is -2.25. The van der Waals surface area contributed by atoms with Crippen molar-refractivity contribution in [3.05, 3.63) is 53.3 Å². The summed E-state index contributed by atoms with van der Waals surface area (Å²) in [5.74, 6) is -0.131. The number of H-pyrrole nitrogens is 1. The highest BCUT2D eigenvalue weighted by Crippen LogP contribution is 2.18. The standard InChI is InChI=1S/C18H23N3O2/c22-16-10-8-14(9-11-16)19-18(23)17-12-15(20-21-17)7-6-13-4-2-1-3-5-13/h1-5,12,14,16,22H,6-11H2,(H,19,23)(H,20,21). The monoisotopic (exact) mass is 313 g/mol. The molecule has 5 heteroatoms. The topological polar surface area (TPSA) is 78.0 Å². The summed E-state index contributed by atoms with van der Waals surface area (Å²) in [6.45, 7) is 0. The van der Waals surface area contributed by atoms with Crippen LogP contribution in [0.1, 0.15) is 47.4 Å². The van der Waals surface area contributed by atoms with Gasteiger partial charge in [-0.3, -0.25) is 9.89 Å². The first-order chi connectivity index (χ1) is 11.2. The average Bonchev–Trinajstić information content (AvgIpc) is 3.05. The van der Waals surface area contributed by atoms with Crippen molar-refractivity contribution in [1.29, 1.82) is 0 Å². The second-order valence-corrected chi connectivity index (χ2v) is 6.24. The molecule has 1 aromatic carbocycles. The quantitative estimate of drug-likeness (QED) is 0.792. The summed E-state index contributed by atoms with van der Waals surface area (Å²) in [4.78, 5) is 12.2. The molecule has 1 aromatic heterocycles. The van der Waals surface area contributed by atoms with Gasteiger partial charge >= 0.3 is 0 Å². The van der Waals surface area contributed by atoms with E-state index in [1.165, 1.54) is 5.56 Å². The molecule has 0 bridgehead atoms. The predicted octanol–water partition coefficient (Wildman–Crippen LogP) is 2.23. The summed E-state index contributed by atoms with van der Waals surface area (Å²) >= 11 is 0. The zero-order valence-electron chi connectivity index (χ0n) is 13.2. The Morgan fingerprint density at radius 1 is 1.17 bits per heavy atom. The van der Waals surface area contributed by atoms with Gasteiger partial charge in [-0.2, -0.15) is 5.10 Å². The van der Waals surface area contributed by atoms with E-state index in [9.17, 15) is 9.90 Å². The van der Waals surface area contributed by atoms with E-state index in [4.69, 9.17) is 0 Å². The minimum atomic E-state index is -0.210. The van der Waals surface area contributed by atoms with E-state index in [0.29, 0.717) is 5.69 Å². The van der Waals surface area contributed by atoms with Crippen LogP contribution in [0.2, 0.25) is 0 Å². The zero-order valence-corrected chi connectivity index (χ0v) is 13.2. The Hall–Kier alpha value is -2.14. The molecule has 1 heterocycles. The van der Waals surface area contributed by atoms with E-state index in [0.717, 1.165) is 44.2 Å². The van der Waals surface area contributed by atoms with Crippen molar-refractivity contribution in [2.24, 2.45) is 0 Å². The van der Waals surface area contributed by atoms with Gasteiger partial charge in [-0.1, -0.05) is 30.3 Å². The average molecular weight is 313 g/mol. The van der Waals surface area contributed by atoms with Crippen LogP contribution in [0, 0.1) is 0 Å². The molecule has 1 saturated carbocycles. The number of nitrogens with zero attached hydrogens (tertiary/aromatic N) is 1. The summed E-state index contributed by atoms with van der Waals surface area (Å²) in [5, 5.41) is 19.6. The Balaban J connectivity index is 1.51. The van der Waals surface area contributed by atoms with Crippen LogP contribution < -0.4 is 5.32 Å². The molecule has 0 radical (unpaired) electrons. The lowest BCUT2D eigenvalue weighted by atomic mass is 9.93. The largest absolute Gasteiger partial charge is 0.393 e. The van der Waals surface area contributed by atoms with Gasteiger partial charge in [0.15, 0.2) is 0 Å². The van der Waals surface area contributed by atoms with Crippen molar-refractivity contribution in [2.75, 3.05) is 0 Å². The van der Waals surface area contributed by atoms with E-state index in [2.05, 4.69) is 27.6 Å². The molecule has 3 rings (SSSR count). The number of nitrogens with one attached hydrogen (secondary N) is 2. The number of aryl methyl sites for hydroxylation is 2. The number of carbonyl (C=O) groups excluding carboxylic acids is 1. The number of rotatable bonds is 5. The maximum atomic E-state index is 12.2. The molecule has 122 valence electrons. The number of carbonyl (C=O) groups is 1. The van der Waals surface area contributed by atoms with Crippen molar-refractivity contribution >= 4 is 5.91 Å². The van der Waals surface area contributed by atoms with E-state index in [-0.39, 0.29) is 18.1 Å². The minimum Gasteiger partial charge on any atom is -0.393 e. The third-order valence-corrected chi connectivity index (χ3v) is 4.42. The van der Waals surface area contributed by atoms with Gasteiger partial charge < -0.3 is 10.4 Å². The first-order valence-electron chi connectivity index (χ1n) is 8.28. The van der Waals surface area contributed by atoms with E-state index < -0.39 is 0 Å². The summed E-state index contributed by atoms with van der Waals surface area (Å²) < 4.78 is 0. The molecule has 0 atom stereocenters. The number of aromatic amines is 1. The number of hydrogen-bond donors (Lipinski definition) is 3. The summed E-state index contributed by atoms with van der Waals surface area (Å²) in [6.07, 6.45) is 4.72. The van der Waals surface area contributed by atoms with Gasteiger partial charge in [0.1, 0.15) is 5.69 Å². The third-order valence-electron chi connectivity index (χ3n) is 4.42. The van der Waals surface area contributed by atoms with Gasteiger partial charge in [0.2, 0.25) is 0 Å². The lowest BCUT2D eigenvalue weighted by Crippen LogP contribution is -2.38. The lowest BCUT2D eigenvalue weighted by molar-refractivity contribution is 0.0863. The number of aliphatic hydroxyl groups is 1. The fourth-order valence-corrected chi connectivity index (χ4v) is 3.01. The van der Waals surface area contributed by atoms with Crippen LogP contribution in [-0.2, 0) is 12.8 Å². The zero-order chi connectivity index (χ0) is 16.1. The molecule has 0 spiro atoms. The minimum absolute atomic E-state index is 0.131. The fraction of sp³-hybridized carbons (Fsp3) is 0.444. The van der Waals surface area contributed by atoms with E-state index in [1.54, 1.807) is 0 Å². The molecule has 1 aliphatic rings. The SMILES string of the molecule is O=C(NC1CCC(O)CC1)c1cc(CCc2ccccc2)[nH]n1. The number of hydrogen-bond acceptors (Lipinski definition) is 3. The fourth-order valence-electron chi connectivity index (χ4n) is 3.01. The van der Waals surface area contributed by atoms with Crippen molar-refractivity contribution in [2.45, 2.75) is 50.7 Å². The van der Waals surface area contributed by atoms with E-state index >= 15 is 0 Å². The molecule has 23 heavy (non-hydrogen) atoms. The van der Waals surface area contributed by atoms with Gasteiger partial charge in [-0.25, -0.2) is 0 Å². The first-order valence-corrected chi connectivity index (χ1v) is 8.28. The second-order valence-electron chi connectivity index (χ2n) is 6.24. The van der Waals surface area contributed by atoms with Crippen LogP contribution in [-0.4, -0.2) is 33.4 Å². The molecule has 3 N–H and O–H groups in total. The molecular formula is C18H23N3O2. The van der Waals surface area contributed by atoms with Crippen molar-refractivity contribution in [1.82, 2.24) is 15.5 Å². The molecule has 1 aliphatic carbocycles. The van der Waals surface area contributed by atoms with Crippen molar-refractivity contribution in [3.8, 4) is 0 Å². The number of amides is 1. The van der Waals surface area contributed by atoms with Crippen LogP contribution in [0.25, 0.3) is 0 Å². The Morgan fingerprint density at radius 2 is 1.91 bits per heavy atom. The second kappa shape index (κ2) is 7.42. The van der Waals surface area contributed by atoms with Gasteiger partial charge in [0.25, 0.3) is 5.91 Å². The van der Waals surface area contributed by atoms with Crippen LogP contribution in [0.5, 0.6) is 0 Å². The molecule has 1 amide bonds. The maximum absolute atomic E-state index is 12.2. The van der Waals surface area contributed by atoms with Gasteiger partial charge in [-0.15, -0.1) is 0 Å². The molecular weight excluding hydrogens is 290 g/mol. The normalized spacial score (nSPS) is 21.1. The number of benzene rings is 1. The Labute approximate surface area is 136 Å². The third kappa shape index (κ3) is 4.42. The molecule has 0 saturated heterocycles. The highest BCUT2D eigenvalue weighted by molar-refractivity contribution is 5.92. The van der Waals surface area contributed by atoms with Crippen molar-refractivity contribution < 1.29 is 9.90 Å².